The number of fused-ring (bicyclic) bond motifs is 1. The van der Waals surface area contributed by atoms with E-state index in [0.717, 1.165) is 48.9 Å². The van der Waals surface area contributed by atoms with Gasteiger partial charge in [0, 0.05) is 12.2 Å². The largest absolute Gasteiger partial charge is 0.441 e. The Labute approximate surface area is 175 Å². The highest BCUT2D eigenvalue weighted by molar-refractivity contribution is 5.90. The maximum Gasteiger partial charge on any atom is 0.415 e. The van der Waals surface area contributed by atoms with Gasteiger partial charge in [0.25, 0.3) is 0 Å². The van der Waals surface area contributed by atoms with Crippen LogP contribution in [-0.4, -0.2) is 27.8 Å². The fraction of sp³-hybridized carbons (Fsp3) is 0.375. The lowest BCUT2D eigenvalue weighted by Crippen LogP contribution is -2.40. The lowest BCUT2D eigenvalue weighted by molar-refractivity contribution is 0.00439. The third-order valence-electron chi connectivity index (χ3n) is 6.43. The number of anilines is 1. The molecule has 1 aliphatic heterocycles. The van der Waals surface area contributed by atoms with Crippen molar-refractivity contribution < 1.29 is 9.53 Å². The van der Waals surface area contributed by atoms with Crippen LogP contribution in [0.2, 0.25) is 0 Å². The molecule has 2 heterocycles. The van der Waals surface area contributed by atoms with E-state index in [9.17, 15) is 4.79 Å². The van der Waals surface area contributed by atoms with Gasteiger partial charge in [0.2, 0.25) is 0 Å². The maximum absolute atomic E-state index is 12.7. The van der Waals surface area contributed by atoms with E-state index >= 15 is 0 Å². The van der Waals surface area contributed by atoms with Gasteiger partial charge >= 0.3 is 6.09 Å². The average molecular weight is 400 g/mol. The molecule has 1 aromatic heterocycles. The minimum atomic E-state index is -0.407. The fourth-order valence-electron chi connectivity index (χ4n) is 4.94. The van der Waals surface area contributed by atoms with Crippen molar-refractivity contribution in [3.8, 4) is 6.07 Å². The van der Waals surface area contributed by atoms with Crippen LogP contribution in [0, 0.1) is 24.2 Å². The molecule has 1 aliphatic carbocycles. The summed E-state index contributed by atoms with van der Waals surface area (Å²) in [5, 5.41) is 9.09. The maximum atomic E-state index is 12.7. The lowest BCUT2D eigenvalue weighted by atomic mass is 9.78. The monoisotopic (exact) mass is 400 g/mol. The van der Waals surface area contributed by atoms with Crippen LogP contribution in [0.25, 0.3) is 11.0 Å². The molecular formula is C24H24N4O2. The van der Waals surface area contributed by atoms with Gasteiger partial charge in [-0.05, 0) is 68.9 Å². The smallest absolute Gasteiger partial charge is 0.415 e. The first kappa shape index (κ1) is 18.7. The van der Waals surface area contributed by atoms with E-state index < -0.39 is 5.60 Å². The molecule has 1 saturated heterocycles. The molecule has 5 rings (SSSR count). The van der Waals surface area contributed by atoms with Gasteiger partial charge in [0.05, 0.1) is 35.5 Å². The number of hydrogen-bond acceptors (Lipinski definition) is 4. The van der Waals surface area contributed by atoms with E-state index in [1.54, 1.807) is 4.90 Å². The molecule has 0 unspecified atom stereocenters. The number of amides is 1. The van der Waals surface area contributed by atoms with E-state index in [0.29, 0.717) is 18.0 Å². The van der Waals surface area contributed by atoms with Gasteiger partial charge in [-0.25, -0.2) is 9.78 Å². The van der Waals surface area contributed by atoms with Crippen molar-refractivity contribution in [3.63, 3.8) is 0 Å². The molecule has 152 valence electrons. The Bertz CT molecular complexity index is 1140. The number of hydrogen-bond donors (Lipinski definition) is 0. The number of aromatic nitrogens is 2. The van der Waals surface area contributed by atoms with Gasteiger partial charge in [-0.3, -0.25) is 4.90 Å². The van der Waals surface area contributed by atoms with Crippen LogP contribution in [0.4, 0.5) is 10.5 Å². The number of rotatable bonds is 3. The van der Waals surface area contributed by atoms with Crippen LogP contribution < -0.4 is 4.90 Å². The molecular weight excluding hydrogens is 376 g/mol. The van der Waals surface area contributed by atoms with E-state index in [-0.39, 0.29) is 6.09 Å². The Morgan fingerprint density at radius 3 is 2.90 bits per heavy atom. The Morgan fingerprint density at radius 2 is 2.10 bits per heavy atom. The minimum Gasteiger partial charge on any atom is -0.441 e. The summed E-state index contributed by atoms with van der Waals surface area (Å²) in [4.78, 5) is 18.9. The van der Waals surface area contributed by atoms with Crippen molar-refractivity contribution in [3.05, 3.63) is 59.9 Å². The summed E-state index contributed by atoms with van der Waals surface area (Å²) in [6.07, 6.45) is 5.54. The molecule has 2 aromatic carbocycles. The normalized spacial score (nSPS) is 23.7. The molecule has 6 heteroatoms. The van der Waals surface area contributed by atoms with Crippen LogP contribution in [0.3, 0.4) is 0 Å². The number of ether oxygens (including phenoxy) is 1. The molecule has 1 amide bonds. The fourth-order valence-corrected chi connectivity index (χ4v) is 4.94. The minimum absolute atomic E-state index is 0.239. The quantitative estimate of drug-likeness (QED) is 0.633. The van der Waals surface area contributed by atoms with Crippen molar-refractivity contribution in [2.45, 2.75) is 44.8 Å². The van der Waals surface area contributed by atoms with E-state index in [4.69, 9.17) is 10.00 Å². The molecule has 3 aromatic rings. The highest BCUT2D eigenvalue weighted by Crippen LogP contribution is 2.42. The van der Waals surface area contributed by atoms with E-state index in [2.05, 4.69) is 15.6 Å². The van der Waals surface area contributed by atoms with Gasteiger partial charge in [-0.2, -0.15) is 5.26 Å². The van der Waals surface area contributed by atoms with Crippen LogP contribution in [-0.2, 0) is 11.3 Å². The Kier molecular flexibility index (Phi) is 4.47. The summed E-state index contributed by atoms with van der Waals surface area (Å²) >= 11 is 0. The Hall–Kier alpha value is -3.33. The van der Waals surface area contributed by atoms with Crippen molar-refractivity contribution in [1.82, 2.24) is 9.55 Å². The predicted octanol–water partition coefficient (Wildman–Crippen LogP) is 4.80. The first-order valence-electron chi connectivity index (χ1n) is 10.5. The van der Waals surface area contributed by atoms with Crippen molar-refractivity contribution in [2.75, 3.05) is 11.4 Å². The molecule has 0 bridgehead atoms. The SMILES string of the molecule is Cc1ccc(N2C[C@@]3(CCC[C@H](Cn4cnc5cc(C#N)ccc54)C3)OC2=O)cc1. The first-order chi connectivity index (χ1) is 14.5. The Balaban J connectivity index is 1.33. The van der Waals surface area contributed by atoms with Crippen LogP contribution in [0.1, 0.15) is 36.8 Å². The zero-order chi connectivity index (χ0) is 20.7. The predicted molar refractivity (Wildman–Crippen MR) is 114 cm³/mol. The number of benzene rings is 2. The molecule has 1 spiro atoms. The van der Waals surface area contributed by atoms with Crippen molar-refractivity contribution in [1.29, 1.82) is 5.26 Å². The standard InChI is InChI=1S/C24H24N4O2/c1-17-4-7-20(8-5-17)28-15-24(30-23(28)29)10-2-3-19(12-24)14-27-16-26-21-11-18(13-25)6-9-22(21)27/h4-9,11,16,19H,2-3,10,12,14-15H2,1H3/t19-,24-/m0/s1. The number of imidazole rings is 1. The van der Waals surface area contributed by atoms with Crippen LogP contribution in [0.5, 0.6) is 0 Å². The molecule has 0 N–H and O–H groups in total. The zero-order valence-corrected chi connectivity index (χ0v) is 17.0. The van der Waals surface area contributed by atoms with Crippen molar-refractivity contribution >= 4 is 22.8 Å². The summed E-state index contributed by atoms with van der Waals surface area (Å²) < 4.78 is 8.14. The molecule has 2 aliphatic rings. The van der Waals surface area contributed by atoms with E-state index in [1.807, 2.05) is 55.7 Å². The summed E-state index contributed by atoms with van der Waals surface area (Å²) in [5.74, 6) is 0.414. The summed E-state index contributed by atoms with van der Waals surface area (Å²) in [5.41, 5.74) is 4.18. The van der Waals surface area contributed by atoms with Gasteiger partial charge in [0.1, 0.15) is 5.60 Å². The molecule has 2 fully saturated rings. The number of aryl methyl sites for hydroxylation is 1. The van der Waals surface area contributed by atoms with E-state index in [1.165, 1.54) is 5.56 Å². The van der Waals surface area contributed by atoms with Gasteiger partial charge < -0.3 is 9.30 Å². The molecule has 0 radical (unpaired) electrons. The molecule has 30 heavy (non-hydrogen) atoms. The Morgan fingerprint density at radius 1 is 1.27 bits per heavy atom. The first-order valence-corrected chi connectivity index (χ1v) is 10.5. The third kappa shape index (κ3) is 3.30. The highest BCUT2D eigenvalue weighted by Gasteiger charge is 2.48. The summed E-state index contributed by atoms with van der Waals surface area (Å²) in [7, 11) is 0. The van der Waals surface area contributed by atoms with Crippen molar-refractivity contribution in [2.24, 2.45) is 5.92 Å². The third-order valence-corrected chi connectivity index (χ3v) is 6.43. The van der Waals surface area contributed by atoms with Gasteiger partial charge in [-0.15, -0.1) is 0 Å². The molecule has 1 saturated carbocycles. The number of carbonyl (C=O) groups excluding carboxylic acids is 1. The van der Waals surface area contributed by atoms with Crippen LogP contribution >= 0.6 is 0 Å². The molecule has 6 nitrogen and oxygen atoms in total. The zero-order valence-electron chi connectivity index (χ0n) is 17.0. The second-order valence-electron chi connectivity index (χ2n) is 8.65. The number of nitrogens with zero attached hydrogens (tertiary/aromatic N) is 4. The highest BCUT2D eigenvalue weighted by atomic mass is 16.6. The lowest BCUT2D eigenvalue weighted by Gasteiger charge is -2.36. The second kappa shape index (κ2) is 7.17. The summed E-state index contributed by atoms with van der Waals surface area (Å²) in [6.45, 7) is 3.49. The topological polar surface area (TPSA) is 71.2 Å². The number of nitriles is 1. The second-order valence-corrected chi connectivity index (χ2v) is 8.65. The molecule has 2 atom stereocenters. The van der Waals surface area contributed by atoms with Crippen LogP contribution in [0.15, 0.2) is 48.8 Å². The number of carbonyl (C=O) groups is 1. The van der Waals surface area contributed by atoms with Gasteiger partial charge in [-0.1, -0.05) is 17.7 Å². The average Bonchev–Trinajstić information content (AvgIpc) is 3.29. The summed E-state index contributed by atoms with van der Waals surface area (Å²) in [6, 6.07) is 15.8. The van der Waals surface area contributed by atoms with Gasteiger partial charge in [0.15, 0.2) is 0 Å².